The first-order valence-corrected chi connectivity index (χ1v) is 7.28. The molecule has 20 heavy (non-hydrogen) atoms. The molecule has 2 N–H and O–H groups in total. The Bertz CT molecular complexity index is 631. The summed E-state index contributed by atoms with van der Waals surface area (Å²) in [7, 11) is 0. The summed E-state index contributed by atoms with van der Waals surface area (Å²) in [5.41, 5.74) is 2.65. The van der Waals surface area contributed by atoms with Crippen LogP contribution < -0.4 is 10.6 Å². The van der Waals surface area contributed by atoms with E-state index in [1.54, 1.807) is 0 Å². The van der Waals surface area contributed by atoms with Gasteiger partial charge in [-0.25, -0.2) is 0 Å². The number of halogens is 2. The van der Waals surface area contributed by atoms with E-state index < -0.39 is 0 Å². The first kappa shape index (κ1) is 14.9. The van der Waals surface area contributed by atoms with Crippen molar-refractivity contribution in [1.29, 1.82) is 0 Å². The fraction of sp³-hybridized carbons (Fsp3) is 0.133. The van der Waals surface area contributed by atoms with Gasteiger partial charge >= 0.3 is 0 Å². The van der Waals surface area contributed by atoms with Crippen LogP contribution in [0.4, 0.5) is 11.4 Å². The third-order valence-electron chi connectivity index (χ3n) is 2.73. The molecular weight excluding hydrogens is 340 g/mol. The third kappa shape index (κ3) is 3.99. The second kappa shape index (κ2) is 6.77. The highest BCUT2D eigenvalue weighted by molar-refractivity contribution is 9.10. The molecule has 2 aromatic rings. The van der Waals surface area contributed by atoms with Gasteiger partial charge in [-0.05, 0) is 29.8 Å². The van der Waals surface area contributed by atoms with Crippen LogP contribution in [-0.2, 0) is 11.3 Å². The predicted octanol–water partition coefficient (Wildman–Crippen LogP) is 4.67. The highest BCUT2D eigenvalue weighted by atomic mass is 79.9. The van der Waals surface area contributed by atoms with Crippen LogP contribution in [0, 0.1) is 0 Å². The Morgan fingerprint density at radius 3 is 2.70 bits per heavy atom. The number of hydrogen-bond donors (Lipinski definition) is 2. The molecule has 0 saturated carbocycles. The van der Waals surface area contributed by atoms with Gasteiger partial charge in [-0.3, -0.25) is 4.79 Å². The number of amides is 1. The molecule has 0 unspecified atom stereocenters. The fourth-order valence-electron chi connectivity index (χ4n) is 1.81. The summed E-state index contributed by atoms with van der Waals surface area (Å²) >= 11 is 9.55. The molecule has 2 rings (SSSR count). The van der Waals surface area contributed by atoms with E-state index in [0.29, 0.717) is 11.6 Å². The maximum atomic E-state index is 11.2. The Balaban J connectivity index is 2.14. The molecule has 1 amide bonds. The summed E-state index contributed by atoms with van der Waals surface area (Å²) in [4.78, 5) is 11.2. The molecule has 0 saturated heterocycles. The molecule has 2 aromatic carbocycles. The SMILES string of the molecule is CC(=O)Nc1ccccc1CNc1cc(Br)ccc1Cl. The van der Waals surface area contributed by atoms with Gasteiger partial charge in [-0.2, -0.15) is 0 Å². The standard InChI is InChI=1S/C15H14BrClN2O/c1-10(20)19-14-5-3-2-4-11(14)9-18-15-8-12(16)6-7-13(15)17/h2-8,18H,9H2,1H3,(H,19,20). The van der Waals surface area contributed by atoms with Crippen LogP contribution in [-0.4, -0.2) is 5.91 Å². The second-order valence-electron chi connectivity index (χ2n) is 4.32. The first-order valence-electron chi connectivity index (χ1n) is 6.10. The molecule has 0 spiro atoms. The predicted molar refractivity (Wildman–Crippen MR) is 87.2 cm³/mol. The molecule has 0 atom stereocenters. The summed E-state index contributed by atoms with van der Waals surface area (Å²) in [5.74, 6) is -0.0852. The van der Waals surface area contributed by atoms with Crippen LogP contribution in [0.3, 0.4) is 0 Å². The van der Waals surface area contributed by atoms with E-state index in [1.165, 1.54) is 6.92 Å². The van der Waals surface area contributed by atoms with Crippen molar-refractivity contribution in [3.8, 4) is 0 Å². The van der Waals surface area contributed by atoms with Crippen molar-refractivity contribution in [2.75, 3.05) is 10.6 Å². The molecule has 0 radical (unpaired) electrons. The smallest absolute Gasteiger partial charge is 0.221 e. The Morgan fingerprint density at radius 1 is 1.20 bits per heavy atom. The maximum absolute atomic E-state index is 11.2. The highest BCUT2D eigenvalue weighted by Crippen LogP contribution is 2.27. The van der Waals surface area contributed by atoms with Crippen molar-refractivity contribution in [3.63, 3.8) is 0 Å². The Hall–Kier alpha value is -1.52. The van der Waals surface area contributed by atoms with Crippen molar-refractivity contribution < 1.29 is 4.79 Å². The number of benzene rings is 2. The summed E-state index contributed by atoms with van der Waals surface area (Å²) in [5, 5.41) is 6.74. The monoisotopic (exact) mass is 352 g/mol. The fourth-order valence-corrected chi connectivity index (χ4v) is 2.35. The van der Waals surface area contributed by atoms with E-state index in [-0.39, 0.29) is 5.91 Å². The Labute approximate surface area is 131 Å². The molecule has 0 aliphatic heterocycles. The summed E-state index contributed by atoms with van der Waals surface area (Å²) in [6, 6.07) is 13.3. The average molecular weight is 354 g/mol. The van der Waals surface area contributed by atoms with Gasteiger partial charge in [0.1, 0.15) is 0 Å². The molecule has 0 aliphatic carbocycles. The van der Waals surface area contributed by atoms with Crippen LogP contribution in [0.2, 0.25) is 5.02 Å². The molecule has 0 fully saturated rings. The lowest BCUT2D eigenvalue weighted by atomic mass is 10.1. The zero-order chi connectivity index (χ0) is 14.5. The lowest BCUT2D eigenvalue weighted by Crippen LogP contribution is -2.10. The Kier molecular flexibility index (Phi) is 5.04. The van der Waals surface area contributed by atoms with E-state index in [2.05, 4.69) is 26.6 Å². The quantitative estimate of drug-likeness (QED) is 0.838. The van der Waals surface area contributed by atoms with Crippen molar-refractivity contribution in [3.05, 3.63) is 57.5 Å². The van der Waals surface area contributed by atoms with Gasteiger partial charge < -0.3 is 10.6 Å². The number of carbonyl (C=O) groups excluding carboxylic acids is 1. The topological polar surface area (TPSA) is 41.1 Å². The van der Waals surface area contributed by atoms with Gasteiger partial charge in [-0.1, -0.05) is 45.7 Å². The molecule has 0 aromatic heterocycles. The lowest BCUT2D eigenvalue weighted by molar-refractivity contribution is -0.114. The molecule has 0 aliphatic rings. The maximum Gasteiger partial charge on any atom is 0.221 e. The van der Waals surface area contributed by atoms with Crippen molar-refractivity contribution in [1.82, 2.24) is 0 Å². The van der Waals surface area contributed by atoms with Gasteiger partial charge in [-0.15, -0.1) is 0 Å². The van der Waals surface area contributed by atoms with Crippen LogP contribution in [0.5, 0.6) is 0 Å². The normalized spacial score (nSPS) is 10.2. The number of rotatable bonds is 4. The molecular formula is C15H14BrClN2O. The van der Waals surface area contributed by atoms with Gasteiger partial charge in [0, 0.05) is 23.6 Å². The number of anilines is 2. The summed E-state index contributed by atoms with van der Waals surface area (Å²) < 4.78 is 0.958. The highest BCUT2D eigenvalue weighted by Gasteiger charge is 2.05. The first-order chi connectivity index (χ1) is 9.56. The second-order valence-corrected chi connectivity index (χ2v) is 5.64. The van der Waals surface area contributed by atoms with E-state index in [9.17, 15) is 4.79 Å². The number of hydrogen-bond acceptors (Lipinski definition) is 2. The van der Waals surface area contributed by atoms with E-state index in [4.69, 9.17) is 11.6 Å². The van der Waals surface area contributed by atoms with Gasteiger partial charge in [0.15, 0.2) is 0 Å². The van der Waals surface area contributed by atoms with Crippen LogP contribution in [0.25, 0.3) is 0 Å². The van der Waals surface area contributed by atoms with Gasteiger partial charge in [0.2, 0.25) is 5.91 Å². The van der Waals surface area contributed by atoms with E-state index >= 15 is 0 Å². The minimum Gasteiger partial charge on any atom is -0.380 e. The number of para-hydroxylation sites is 1. The Morgan fingerprint density at radius 2 is 1.95 bits per heavy atom. The summed E-state index contributed by atoms with van der Waals surface area (Å²) in [6.45, 7) is 2.07. The lowest BCUT2D eigenvalue weighted by Gasteiger charge is -2.13. The van der Waals surface area contributed by atoms with E-state index in [0.717, 1.165) is 21.4 Å². The van der Waals surface area contributed by atoms with Crippen LogP contribution in [0.1, 0.15) is 12.5 Å². The molecule has 3 nitrogen and oxygen atoms in total. The molecule has 0 bridgehead atoms. The molecule has 104 valence electrons. The average Bonchev–Trinajstić information content (AvgIpc) is 2.41. The molecule has 0 heterocycles. The summed E-state index contributed by atoms with van der Waals surface area (Å²) in [6.07, 6.45) is 0. The largest absolute Gasteiger partial charge is 0.380 e. The zero-order valence-electron chi connectivity index (χ0n) is 10.9. The zero-order valence-corrected chi connectivity index (χ0v) is 13.3. The minimum absolute atomic E-state index is 0.0852. The van der Waals surface area contributed by atoms with Crippen molar-refractivity contribution >= 4 is 44.8 Å². The molecule has 5 heteroatoms. The van der Waals surface area contributed by atoms with Crippen molar-refractivity contribution in [2.24, 2.45) is 0 Å². The number of carbonyl (C=O) groups is 1. The minimum atomic E-state index is -0.0852. The number of nitrogens with one attached hydrogen (secondary N) is 2. The van der Waals surface area contributed by atoms with Crippen molar-refractivity contribution in [2.45, 2.75) is 13.5 Å². The van der Waals surface area contributed by atoms with Gasteiger partial charge in [0.05, 0.1) is 10.7 Å². The van der Waals surface area contributed by atoms with Crippen LogP contribution in [0.15, 0.2) is 46.9 Å². The van der Waals surface area contributed by atoms with Crippen LogP contribution >= 0.6 is 27.5 Å². The van der Waals surface area contributed by atoms with Gasteiger partial charge in [0.25, 0.3) is 0 Å². The van der Waals surface area contributed by atoms with E-state index in [1.807, 2.05) is 42.5 Å². The third-order valence-corrected chi connectivity index (χ3v) is 3.55.